The van der Waals surface area contributed by atoms with Crippen LogP contribution in [0.1, 0.15) is 5.56 Å². The van der Waals surface area contributed by atoms with Gasteiger partial charge in [0.25, 0.3) is 0 Å². The largest absolute Gasteiger partial charge is 0.497 e. The van der Waals surface area contributed by atoms with Gasteiger partial charge in [0.05, 0.1) is 19.8 Å². The molecule has 0 radical (unpaired) electrons. The maximum absolute atomic E-state index is 12.5. The Morgan fingerprint density at radius 1 is 1.12 bits per heavy atom. The second-order valence-corrected chi connectivity index (χ2v) is 5.57. The number of nitrogens with zero attached hydrogens (tertiary/aromatic N) is 1. The first-order chi connectivity index (χ1) is 11.6. The third-order valence-corrected chi connectivity index (χ3v) is 3.86. The van der Waals surface area contributed by atoms with Crippen molar-refractivity contribution in [3.8, 4) is 5.75 Å². The molecule has 0 bridgehead atoms. The van der Waals surface area contributed by atoms with Crippen LogP contribution in [-0.2, 0) is 11.2 Å². The minimum Gasteiger partial charge on any atom is -0.497 e. The van der Waals surface area contributed by atoms with Crippen LogP contribution in [0.25, 0.3) is 0 Å². The molecule has 2 rings (SSSR count). The molecule has 0 saturated heterocycles. The van der Waals surface area contributed by atoms with Crippen molar-refractivity contribution in [2.24, 2.45) is 0 Å². The fraction of sp³-hybridized carbons (Fsp3) is 0.316. The van der Waals surface area contributed by atoms with Crippen molar-refractivity contribution >= 4 is 11.7 Å². The van der Waals surface area contributed by atoms with Crippen LogP contribution in [-0.4, -0.2) is 44.8 Å². The SMILES string of the molecule is COCC(Cc1ccccc1)N(C)C(=O)Nc1cccc(OC)c1. The molecule has 2 amide bonds. The van der Waals surface area contributed by atoms with Crippen LogP contribution >= 0.6 is 0 Å². The van der Waals surface area contributed by atoms with Crippen LogP contribution in [0.4, 0.5) is 10.5 Å². The molecule has 5 heteroatoms. The molecule has 0 aliphatic rings. The summed E-state index contributed by atoms with van der Waals surface area (Å²) in [5, 5.41) is 2.89. The Balaban J connectivity index is 2.04. The number of benzene rings is 2. The molecule has 0 spiro atoms. The van der Waals surface area contributed by atoms with E-state index in [2.05, 4.69) is 17.4 Å². The molecule has 2 aromatic rings. The van der Waals surface area contributed by atoms with Crippen molar-refractivity contribution in [1.29, 1.82) is 0 Å². The first kappa shape index (κ1) is 17.8. The van der Waals surface area contributed by atoms with Gasteiger partial charge in [-0.1, -0.05) is 36.4 Å². The monoisotopic (exact) mass is 328 g/mol. The van der Waals surface area contributed by atoms with Crippen LogP contribution in [0.3, 0.4) is 0 Å². The summed E-state index contributed by atoms with van der Waals surface area (Å²) >= 11 is 0. The standard InChI is InChI=1S/C19H24N2O3/c1-21(17(14-23-2)12-15-8-5-4-6-9-15)19(22)20-16-10-7-11-18(13-16)24-3/h4-11,13,17H,12,14H2,1-3H3,(H,20,22). The van der Waals surface area contributed by atoms with Crippen LogP contribution in [0.2, 0.25) is 0 Å². The van der Waals surface area contributed by atoms with Gasteiger partial charge in [-0.15, -0.1) is 0 Å². The second-order valence-electron chi connectivity index (χ2n) is 5.57. The van der Waals surface area contributed by atoms with Crippen LogP contribution < -0.4 is 10.1 Å². The molecule has 1 atom stereocenters. The van der Waals surface area contributed by atoms with E-state index < -0.39 is 0 Å². The van der Waals surface area contributed by atoms with Gasteiger partial charge in [0, 0.05) is 25.9 Å². The van der Waals surface area contributed by atoms with E-state index in [-0.39, 0.29) is 12.1 Å². The molecule has 128 valence electrons. The van der Waals surface area contributed by atoms with Gasteiger partial charge in [-0.05, 0) is 24.1 Å². The molecule has 0 aliphatic carbocycles. The molecule has 1 N–H and O–H groups in total. The average Bonchev–Trinajstić information content (AvgIpc) is 2.61. The number of ether oxygens (including phenoxy) is 2. The number of rotatable bonds is 7. The van der Waals surface area contributed by atoms with Crippen LogP contribution in [0, 0.1) is 0 Å². The molecule has 0 saturated carbocycles. The van der Waals surface area contributed by atoms with Gasteiger partial charge in [0.15, 0.2) is 0 Å². The summed E-state index contributed by atoms with van der Waals surface area (Å²) in [6.45, 7) is 0.469. The molecule has 0 fully saturated rings. The molecule has 24 heavy (non-hydrogen) atoms. The van der Waals surface area contributed by atoms with Crippen molar-refractivity contribution in [1.82, 2.24) is 4.90 Å². The predicted molar refractivity (Wildman–Crippen MR) is 95.6 cm³/mol. The zero-order chi connectivity index (χ0) is 17.4. The summed E-state index contributed by atoms with van der Waals surface area (Å²) in [4.78, 5) is 14.2. The Bertz CT molecular complexity index is 646. The molecular weight excluding hydrogens is 304 g/mol. The Labute approximate surface area is 143 Å². The third kappa shape index (κ3) is 4.99. The first-order valence-electron chi connectivity index (χ1n) is 7.84. The van der Waals surface area contributed by atoms with Gasteiger partial charge in [-0.3, -0.25) is 0 Å². The van der Waals surface area contributed by atoms with Crippen molar-refractivity contribution in [2.75, 3.05) is 33.2 Å². The van der Waals surface area contributed by atoms with Crippen molar-refractivity contribution in [2.45, 2.75) is 12.5 Å². The fourth-order valence-corrected chi connectivity index (χ4v) is 2.46. The molecule has 1 unspecified atom stereocenters. The first-order valence-corrected chi connectivity index (χ1v) is 7.84. The summed E-state index contributed by atoms with van der Waals surface area (Å²) in [5.74, 6) is 0.702. The highest BCUT2D eigenvalue weighted by Gasteiger charge is 2.20. The predicted octanol–water partition coefficient (Wildman–Crippen LogP) is 3.42. The Hall–Kier alpha value is -2.53. The summed E-state index contributed by atoms with van der Waals surface area (Å²) in [5.41, 5.74) is 1.86. The van der Waals surface area contributed by atoms with E-state index in [0.717, 1.165) is 6.42 Å². The smallest absolute Gasteiger partial charge is 0.321 e. The number of anilines is 1. The lowest BCUT2D eigenvalue weighted by atomic mass is 10.1. The summed E-state index contributed by atoms with van der Waals surface area (Å²) in [7, 11) is 5.02. The van der Waals surface area contributed by atoms with E-state index in [1.54, 1.807) is 32.2 Å². The van der Waals surface area contributed by atoms with Crippen molar-refractivity contribution < 1.29 is 14.3 Å². The maximum atomic E-state index is 12.5. The molecule has 0 aromatic heterocycles. The van der Waals surface area contributed by atoms with Gasteiger partial charge >= 0.3 is 6.03 Å². The number of nitrogens with one attached hydrogen (secondary N) is 1. The van der Waals surface area contributed by atoms with E-state index in [1.165, 1.54) is 5.56 Å². The average molecular weight is 328 g/mol. The number of hydrogen-bond acceptors (Lipinski definition) is 3. The number of urea groups is 1. The van der Waals surface area contributed by atoms with Crippen LogP contribution in [0.15, 0.2) is 54.6 Å². The fourth-order valence-electron chi connectivity index (χ4n) is 2.46. The summed E-state index contributed by atoms with van der Waals surface area (Å²) < 4.78 is 10.5. The van der Waals surface area contributed by atoms with E-state index in [9.17, 15) is 4.79 Å². The number of hydrogen-bond donors (Lipinski definition) is 1. The second kappa shape index (κ2) is 8.93. The highest BCUT2D eigenvalue weighted by molar-refractivity contribution is 5.89. The topological polar surface area (TPSA) is 50.8 Å². The van der Waals surface area contributed by atoms with Crippen molar-refractivity contribution in [3.63, 3.8) is 0 Å². The number of carbonyl (C=O) groups is 1. The number of methoxy groups -OCH3 is 2. The molecule has 5 nitrogen and oxygen atoms in total. The maximum Gasteiger partial charge on any atom is 0.321 e. The summed E-state index contributed by atoms with van der Waals surface area (Å²) in [6.07, 6.45) is 0.733. The molecule has 0 heterocycles. The van der Waals surface area contributed by atoms with Crippen molar-refractivity contribution in [3.05, 3.63) is 60.2 Å². The lowest BCUT2D eigenvalue weighted by Crippen LogP contribution is -2.43. The van der Waals surface area contributed by atoms with E-state index in [0.29, 0.717) is 18.0 Å². The lowest BCUT2D eigenvalue weighted by Gasteiger charge is -2.28. The quantitative estimate of drug-likeness (QED) is 0.847. The summed E-state index contributed by atoms with van der Waals surface area (Å²) in [6, 6.07) is 17.1. The van der Waals surface area contributed by atoms with Gasteiger partial charge in [-0.2, -0.15) is 0 Å². The van der Waals surface area contributed by atoms with Crippen LogP contribution in [0.5, 0.6) is 5.75 Å². The zero-order valence-electron chi connectivity index (χ0n) is 14.4. The molecule has 0 aliphatic heterocycles. The minimum absolute atomic E-state index is 0.0528. The third-order valence-electron chi connectivity index (χ3n) is 3.86. The zero-order valence-corrected chi connectivity index (χ0v) is 14.4. The van der Waals surface area contributed by atoms with Gasteiger partial charge in [0.1, 0.15) is 5.75 Å². The number of amides is 2. The Morgan fingerprint density at radius 2 is 1.88 bits per heavy atom. The Kier molecular flexibility index (Phi) is 6.63. The molecular formula is C19H24N2O3. The van der Waals surface area contributed by atoms with Gasteiger partial charge in [-0.25, -0.2) is 4.79 Å². The minimum atomic E-state index is -0.179. The normalized spacial score (nSPS) is 11.6. The Morgan fingerprint density at radius 3 is 2.54 bits per heavy atom. The van der Waals surface area contributed by atoms with E-state index >= 15 is 0 Å². The van der Waals surface area contributed by atoms with Gasteiger partial charge < -0.3 is 19.7 Å². The lowest BCUT2D eigenvalue weighted by molar-refractivity contribution is 0.120. The molecule has 2 aromatic carbocycles. The number of likely N-dealkylation sites (N-methyl/N-ethyl adjacent to an activating group) is 1. The van der Waals surface area contributed by atoms with Gasteiger partial charge in [0.2, 0.25) is 0 Å². The van der Waals surface area contributed by atoms with E-state index in [1.807, 2.05) is 36.4 Å². The highest BCUT2D eigenvalue weighted by Crippen LogP contribution is 2.17. The van der Waals surface area contributed by atoms with E-state index in [4.69, 9.17) is 9.47 Å². The number of carbonyl (C=O) groups excluding carboxylic acids is 1. The highest BCUT2D eigenvalue weighted by atomic mass is 16.5.